The zero-order valence-corrected chi connectivity index (χ0v) is 12.5. The van der Waals surface area contributed by atoms with Crippen LogP contribution in [0.15, 0.2) is 29.6 Å². The lowest BCUT2D eigenvalue weighted by atomic mass is 10.2. The molecule has 0 aliphatic heterocycles. The fraction of sp³-hybridized carbons (Fsp3) is 0.214. The average molecular weight is 302 g/mol. The van der Waals surface area contributed by atoms with E-state index in [0.29, 0.717) is 11.7 Å². The number of anilines is 1. The lowest BCUT2D eigenvalue weighted by Gasteiger charge is -2.05. The Labute approximate surface area is 125 Å². The van der Waals surface area contributed by atoms with E-state index < -0.39 is 0 Å². The number of carbonyl (C=O) groups excluding carboxylic acids is 1. The highest BCUT2D eigenvalue weighted by Crippen LogP contribution is 2.15. The first-order chi connectivity index (χ1) is 10.1. The highest BCUT2D eigenvalue weighted by atomic mass is 32.1. The smallest absolute Gasteiger partial charge is 0.264 e. The van der Waals surface area contributed by atoms with Gasteiger partial charge in [0.25, 0.3) is 11.9 Å². The molecule has 0 bridgehead atoms. The molecule has 21 heavy (non-hydrogen) atoms. The van der Waals surface area contributed by atoms with Gasteiger partial charge in [-0.3, -0.25) is 10.1 Å². The van der Waals surface area contributed by atoms with E-state index in [1.165, 1.54) is 11.3 Å². The van der Waals surface area contributed by atoms with Gasteiger partial charge in [0.1, 0.15) is 5.75 Å². The SMILES string of the molecule is Cc1ccc(OCC(=O)Nc2nc3scc(C)n3n2)cc1. The fourth-order valence-corrected chi connectivity index (χ4v) is 2.59. The zero-order valence-electron chi connectivity index (χ0n) is 11.7. The number of fused-ring (bicyclic) bond motifs is 1. The first-order valence-electron chi connectivity index (χ1n) is 6.42. The topological polar surface area (TPSA) is 68.5 Å². The third-order valence-electron chi connectivity index (χ3n) is 2.89. The van der Waals surface area contributed by atoms with E-state index >= 15 is 0 Å². The third kappa shape index (κ3) is 3.03. The predicted octanol–water partition coefficient (Wildman–Crippen LogP) is 2.43. The molecular formula is C14H14N4O2S. The van der Waals surface area contributed by atoms with Gasteiger partial charge in [-0.25, -0.2) is 4.52 Å². The number of ether oxygens (including phenoxy) is 1. The van der Waals surface area contributed by atoms with Gasteiger partial charge in [0, 0.05) is 5.38 Å². The minimum Gasteiger partial charge on any atom is -0.484 e. The molecule has 3 rings (SSSR count). The lowest BCUT2D eigenvalue weighted by molar-refractivity contribution is -0.118. The van der Waals surface area contributed by atoms with E-state index in [0.717, 1.165) is 16.2 Å². The van der Waals surface area contributed by atoms with Gasteiger partial charge >= 0.3 is 0 Å². The van der Waals surface area contributed by atoms with Crippen LogP contribution in [0.4, 0.5) is 5.95 Å². The zero-order chi connectivity index (χ0) is 14.8. The Morgan fingerprint density at radius 1 is 1.33 bits per heavy atom. The second-order valence-corrected chi connectivity index (χ2v) is 5.49. The number of thiazole rings is 1. The maximum Gasteiger partial charge on any atom is 0.264 e. The third-order valence-corrected chi connectivity index (χ3v) is 3.82. The molecule has 7 heteroatoms. The summed E-state index contributed by atoms with van der Waals surface area (Å²) in [4.78, 5) is 16.8. The number of hydrogen-bond donors (Lipinski definition) is 1. The van der Waals surface area contributed by atoms with Gasteiger partial charge in [-0.05, 0) is 26.0 Å². The summed E-state index contributed by atoms with van der Waals surface area (Å²) in [5, 5.41) is 8.79. The normalized spacial score (nSPS) is 10.8. The van der Waals surface area contributed by atoms with Gasteiger partial charge in [-0.15, -0.1) is 16.4 Å². The maximum atomic E-state index is 11.8. The van der Waals surface area contributed by atoms with Crippen molar-refractivity contribution in [1.82, 2.24) is 14.6 Å². The van der Waals surface area contributed by atoms with Gasteiger partial charge in [-0.1, -0.05) is 17.7 Å². The minimum atomic E-state index is -0.286. The van der Waals surface area contributed by atoms with Crippen molar-refractivity contribution in [2.45, 2.75) is 13.8 Å². The molecule has 3 aromatic rings. The summed E-state index contributed by atoms with van der Waals surface area (Å²) >= 11 is 1.48. The van der Waals surface area contributed by atoms with E-state index in [2.05, 4.69) is 15.4 Å². The summed E-state index contributed by atoms with van der Waals surface area (Å²) < 4.78 is 7.10. The molecule has 2 heterocycles. The largest absolute Gasteiger partial charge is 0.484 e. The summed E-state index contributed by atoms with van der Waals surface area (Å²) in [6, 6.07) is 7.52. The molecule has 0 aliphatic rings. The van der Waals surface area contributed by atoms with Crippen LogP contribution < -0.4 is 10.1 Å². The van der Waals surface area contributed by atoms with Gasteiger partial charge in [-0.2, -0.15) is 4.98 Å². The Bertz CT molecular complexity index is 776. The molecule has 0 saturated heterocycles. The predicted molar refractivity (Wildman–Crippen MR) is 80.9 cm³/mol. The Morgan fingerprint density at radius 2 is 2.10 bits per heavy atom. The van der Waals surface area contributed by atoms with Crippen LogP contribution in [0.5, 0.6) is 5.75 Å². The lowest BCUT2D eigenvalue weighted by Crippen LogP contribution is -2.20. The van der Waals surface area contributed by atoms with Gasteiger partial charge < -0.3 is 4.74 Å². The number of hydrogen-bond acceptors (Lipinski definition) is 5. The number of carbonyl (C=O) groups is 1. The van der Waals surface area contributed by atoms with E-state index in [-0.39, 0.29) is 12.5 Å². The number of aromatic nitrogens is 3. The monoisotopic (exact) mass is 302 g/mol. The molecule has 0 unspecified atom stereocenters. The number of benzene rings is 1. The van der Waals surface area contributed by atoms with Crippen molar-refractivity contribution < 1.29 is 9.53 Å². The van der Waals surface area contributed by atoms with Gasteiger partial charge in [0.05, 0.1) is 5.69 Å². The molecule has 1 aromatic carbocycles. The summed E-state index contributed by atoms with van der Waals surface area (Å²) in [6.07, 6.45) is 0. The van der Waals surface area contributed by atoms with Crippen LogP contribution in [0.1, 0.15) is 11.3 Å². The van der Waals surface area contributed by atoms with Crippen LogP contribution in [-0.2, 0) is 4.79 Å². The van der Waals surface area contributed by atoms with Crippen molar-refractivity contribution in [3.8, 4) is 5.75 Å². The molecule has 1 amide bonds. The van der Waals surface area contributed by atoms with E-state index in [4.69, 9.17) is 4.74 Å². The van der Waals surface area contributed by atoms with Gasteiger partial charge in [0.2, 0.25) is 4.96 Å². The Hall–Kier alpha value is -2.41. The molecule has 2 aromatic heterocycles. The summed E-state index contributed by atoms with van der Waals surface area (Å²) in [5.41, 5.74) is 2.13. The second kappa shape index (κ2) is 5.53. The summed E-state index contributed by atoms with van der Waals surface area (Å²) in [5.74, 6) is 0.666. The molecule has 0 spiro atoms. The molecule has 1 N–H and O–H groups in total. The standard InChI is InChI=1S/C14H14N4O2S/c1-9-3-5-11(6-4-9)20-7-12(19)15-13-16-14-18(17-13)10(2)8-21-14/h3-6,8H,7H2,1-2H3,(H,15,17,19). The van der Waals surface area contributed by atoms with Crippen LogP contribution in [0.3, 0.4) is 0 Å². The maximum absolute atomic E-state index is 11.8. The molecule has 6 nitrogen and oxygen atoms in total. The molecule has 0 radical (unpaired) electrons. The molecule has 0 fully saturated rings. The van der Waals surface area contributed by atoms with Gasteiger partial charge in [0.15, 0.2) is 6.61 Å². The number of nitrogens with zero attached hydrogens (tertiary/aromatic N) is 3. The van der Waals surface area contributed by atoms with Crippen LogP contribution >= 0.6 is 11.3 Å². The van der Waals surface area contributed by atoms with Crippen LogP contribution in [0.2, 0.25) is 0 Å². The Morgan fingerprint density at radius 3 is 2.81 bits per heavy atom. The van der Waals surface area contributed by atoms with E-state index in [1.54, 1.807) is 4.52 Å². The fourth-order valence-electron chi connectivity index (χ4n) is 1.79. The van der Waals surface area contributed by atoms with Crippen molar-refractivity contribution in [3.05, 3.63) is 40.9 Å². The van der Waals surface area contributed by atoms with Crippen molar-refractivity contribution in [2.75, 3.05) is 11.9 Å². The number of rotatable bonds is 4. The van der Waals surface area contributed by atoms with Crippen molar-refractivity contribution in [3.63, 3.8) is 0 Å². The molecular weight excluding hydrogens is 288 g/mol. The van der Waals surface area contributed by atoms with Crippen LogP contribution in [0.25, 0.3) is 4.96 Å². The Kier molecular flexibility index (Phi) is 3.57. The highest BCUT2D eigenvalue weighted by Gasteiger charge is 2.10. The average Bonchev–Trinajstić information content (AvgIpc) is 3.00. The van der Waals surface area contributed by atoms with E-state index in [1.807, 2.05) is 43.5 Å². The molecule has 0 atom stereocenters. The minimum absolute atomic E-state index is 0.0745. The summed E-state index contributed by atoms with van der Waals surface area (Å²) in [7, 11) is 0. The molecule has 108 valence electrons. The van der Waals surface area contributed by atoms with Crippen LogP contribution in [0, 0.1) is 13.8 Å². The molecule has 0 saturated carbocycles. The second-order valence-electron chi connectivity index (χ2n) is 4.66. The first-order valence-corrected chi connectivity index (χ1v) is 7.30. The first kappa shape index (κ1) is 13.6. The number of nitrogens with one attached hydrogen (secondary N) is 1. The van der Waals surface area contributed by atoms with Crippen molar-refractivity contribution in [1.29, 1.82) is 0 Å². The Balaban J connectivity index is 1.59. The number of aryl methyl sites for hydroxylation is 2. The van der Waals surface area contributed by atoms with Crippen molar-refractivity contribution >= 4 is 28.2 Å². The molecule has 0 aliphatic carbocycles. The van der Waals surface area contributed by atoms with E-state index in [9.17, 15) is 4.79 Å². The quantitative estimate of drug-likeness (QED) is 0.803. The van der Waals surface area contributed by atoms with Crippen molar-refractivity contribution in [2.24, 2.45) is 0 Å². The number of amides is 1. The summed E-state index contributed by atoms with van der Waals surface area (Å²) in [6.45, 7) is 3.85. The highest BCUT2D eigenvalue weighted by molar-refractivity contribution is 7.15. The van der Waals surface area contributed by atoms with Crippen LogP contribution in [-0.4, -0.2) is 27.1 Å².